The van der Waals surface area contributed by atoms with Crippen LogP contribution in [-0.2, 0) is 19.1 Å². The lowest BCUT2D eigenvalue weighted by molar-refractivity contribution is -0.142. The summed E-state index contributed by atoms with van der Waals surface area (Å²) in [6.07, 6.45) is 4.90. The van der Waals surface area contributed by atoms with E-state index in [9.17, 15) is 14.0 Å². The van der Waals surface area contributed by atoms with Crippen molar-refractivity contribution in [3.63, 3.8) is 0 Å². The first kappa shape index (κ1) is 22.2. The van der Waals surface area contributed by atoms with Crippen molar-refractivity contribution >= 4 is 17.6 Å². The summed E-state index contributed by atoms with van der Waals surface area (Å²) in [6.45, 7) is 0. The molecule has 1 N–H and O–H groups in total. The number of hydrogen-bond acceptors (Lipinski definition) is 5. The van der Waals surface area contributed by atoms with Crippen molar-refractivity contribution in [2.45, 2.75) is 88.6 Å². The Morgan fingerprint density at radius 3 is 2.38 bits per heavy atom. The van der Waals surface area contributed by atoms with E-state index in [4.69, 9.17) is 19.7 Å². The van der Waals surface area contributed by atoms with Crippen molar-refractivity contribution in [1.82, 2.24) is 5.01 Å². The highest BCUT2D eigenvalue weighted by atomic mass is 19.1. The molecule has 4 atom stereocenters. The van der Waals surface area contributed by atoms with E-state index < -0.39 is 12.1 Å². The molecule has 29 heavy (non-hydrogen) atoms. The first-order valence-electron chi connectivity index (χ1n) is 10.7. The molecule has 1 amide bonds. The minimum atomic E-state index is -0.989. The van der Waals surface area contributed by atoms with Crippen LogP contribution in [0.5, 0.6) is 0 Å². The van der Waals surface area contributed by atoms with Crippen LogP contribution in [0.3, 0.4) is 0 Å². The number of carboxylic acid groups (broad SMARTS) is 1. The van der Waals surface area contributed by atoms with Crippen molar-refractivity contribution in [1.29, 1.82) is 0 Å². The number of nitrogens with zero attached hydrogens (tertiary/aromatic N) is 2. The van der Waals surface area contributed by atoms with E-state index in [0.29, 0.717) is 19.3 Å². The Morgan fingerprint density at radius 2 is 1.76 bits per heavy atom. The van der Waals surface area contributed by atoms with Gasteiger partial charge in [-0.15, -0.1) is 0 Å². The van der Waals surface area contributed by atoms with Crippen molar-refractivity contribution in [3.05, 3.63) is 0 Å². The molecule has 0 radical (unpaired) electrons. The van der Waals surface area contributed by atoms with Crippen molar-refractivity contribution in [3.8, 4) is 0 Å². The third kappa shape index (κ3) is 5.34. The molecule has 0 aromatic rings. The first-order chi connectivity index (χ1) is 13.9. The van der Waals surface area contributed by atoms with Crippen molar-refractivity contribution < 1.29 is 28.6 Å². The molecule has 1 aliphatic heterocycles. The van der Waals surface area contributed by atoms with Gasteiger partial charge in [0.05, 0.1) is 24.7 Å². The van der Waals surface area contributed by atoms with Gasteiger partial charge in [0.1, 0.15) is 6.17 Å². The number of rotatable bonds is 7. The number of carboxylic acids is 1. The first-order valence-corrected chi connectivity index (χ1v) is 10.7. The van der Waals surface area contributed by atoms with E-state index >= 15 is 0 Å². The number of amides is 1. The molecule has 0 saturated heterocycles. The molecule has 0 spiro atoms. The Hall–Kier alpha value is -1.54. The number of alkyl halides is 1. The number of carbonyl (C=O) groups is 2. The minimum absolute atomic E-state index is 0.00126. The van der Waals surface area contributed by atoms with Gasteiger partial charge in [0.25, 0.3) is 0 Å². The molecule has 2 aliphatic carbocycles. The maximum absolute atomic E-state index is 13.6. The molecule has 8 heteroatoms. The van der Waals surface area contributed by atoms with Gasteiger partial charge in [0.15, 0.2) is 0 Å². The Kier molecular flexibility index (Phi) is 7.62. The molecule has 3 rings (SSSR count). The number of ether oxygens (including phenoxy) is 2. The molecule has 7 nitrogen and oxygen atoms in total. The standard InChI is InChI=1S/C21H33FN2O5/c1-28-18-8-5-14(11-19(18)29-2)16-12-17(13-3-6-15(22)7-4-13)24(23-16)20(25)9-10-21(26)27/h13-15,17-19H,3-12H2,1-2H3,(H,26,27). The number of carbonyl (C=O) groups excluding carboxylic acids is 1. The summed E-state index contributed by atoms with van der Waals surface area (Å²) in [4.78, 5) is 23.7. The zero-order valence-corrected chi connectivity index (χ0v) is 17.4. The molecule has 1 heterocycles. The van der Waals surface area contributed by atoms with E-state index in [1.165, 1.54) is 5.01 Å². The van der Waals surface area contributed by atoms with Gasteiger partial charge >= 0.3 is 5.97 Å². The Balaban J connectivity index is 1.72. The maximum Gasteiger partial charge on any atom is 0.303 e. The monoisotopic (exact) mass is 412 g/mol. The third-order valence-electron chi connectivity index (χ3n) is 6.83. The number of halogens is 1. The molecule has 164 valence electrons. The predicted molar refractivity (Wildman–Crippen MR) is 105 cm³/mol. The van der Waals surface area contributed by atoms with E-state index in [2.05, 4.69) is 0 Å². The summed E-state index contributed by atoms with van der Waals surface area (Å²) >= 11 is 0. The second-order valence-corrected chi connectivity index (χ2v) is 8.57. The topological polar surface area (TPSA) is 88.4 Å². The predicted octanol–water partition coefficient (Wildman–Crippen LogP) is 3.17. The van der Waals surface area contributed by atoms with Gasteiger partial charge in [-0.25, -0.2) is 9.40 Å². The van der Waals surface area contributed by atoms with E-state index in [1.54, 1.807) is 14.2 Å². The normalized spacial score (nSPS) is 35.4. The zero-order chi connectivity index (χ0) is 21.0. The van der Waals surface area contributed by atoms with Gasteiger partial charge in [0.2, 0.25) is 5.91 Å². The van der Waals surface area contributed by atoms with Crippen molar-refractivity contribution in [2.24, 2.45) is 16.9 Å². The number of hydrazone groups is 1. The van der Waals surface area contributed by atoms with Crippen LogP contribution in [0.2, 0.25) is 0 Å². The summed E-state index contributed by atoms with van der Waals surface area (Å²) in [5, 5.41) is 15.2. The lowest BCUT2D eigenvalue weighted by Gasteiger charge is -2.35. The van der Waals surface area contributed by atoms with E-state index in [1.807, 2.05) is 0 Å². The van der Waals surface area contributed by atoms with Crippen LogP contribution in [0.4, 0.5) is 4.39 Å². The maximum atomic E-state index is 13.6. The molecule has 3 aliphatic rings. The highest BCUT2D eigenvalue weighted by Gasteiger charge is 2.42. The second-order valence-electron chi connectivity index (χ2n) is 8.57. The van der Waals surface area contributed by atoms with Crippen LogP contribution in [0, 0.1) is 11.8 Å². The summed E-state index contributed by atoms with van der Waals surface area (Å²) < 4.78 is 24.8. The summed E-state index contributed by atoms with van der Waals surface area (Å²) in [7, 11) is 3.39. The zero-order valence-electron chi connectivity index (χ0n) is 17.4. The van der Waals surface area contributed by atoms with E-state index in [-0.39, 0.29) is 48.8 Å². The average Bonchev–Trinajstić information content (AvgIpc) is 3.17. The van der Waals surface area contributed by atoms with Gasteiger partial charge in [-0.2, -0.15) is 5.10 Å². The van der Waals surface area contributed by atoms with Gasteiger partial charge in [0, 0.05) is 38.7 Å². The van der Waals surface area contributed by atoms with Crippen LogP contribution >= 0.6 is 0 Å². The molecule has 0 aromatic carbocycles. The Labute approximate surface area is 171 Å². The lowest BCUT2D eigenvalue weighted by atomic mass is 9.77. The minimum Gasteiger partial charge on any atom is -0.481 e. The van der Waals surface area contributed by atoms with Gasteiger partial charge < -0.3 is 14.6 Å². The molecule has 0 bridgehead atoms. The number of hydrogen-bond donors (Lipinski definition) is 1. The summed E-state index contributed by atoms with van der Waals surface area (Å²) in [5.41, 5.74) is 0.998. The molecule has 2 saturated carbocycles. The van der Waals surface area contributed by atoms with E-state index in [0.717, 1.165) is 37.8 Å². The van der Waals surface area contributed by atoms with Gasteiger partial charge in [-0.1, -0.05) is 0 Å². The highest BCUT2D eigenvalue weighted by molar-refractivity contribution is 5.92. The Morgan fingerprint density at radius 1 is 1.07 bits per heavy atom. The fourth-order valence-corrected chi connectivity index (χ4v) is 5.12. The van der Waals surface area contributed by atoms with Crippen molar-refractivity contribution in [2.75, 3.05) is 14.2 Å². The molecular weight excluding hydrogens is 379 g/mol. The third-order valence-corrected chi connectivity index (χ3v) is 6.83. The average molecular weight is 413 g/mol. The fourth-order valence-electron chi connectivity index (χ4n) is 5.12. The largest absolute Gasteiger partial charge is 0.481 e. The number of methoxy groups -OCH3 is 2. The Bertz CT molecular complexity index is 620. The molecule has 0 aromatic heterocycles. The summed E-state index contributed by atoms with van der Waals surface area (Å²) in [5.74, 6) is -0.796. The van der Waals surface area contributed by atoms with Crippen LogP contribution in [0.25, 0.3) is 0 Å². The quantitative estimate of drug-likeness (QED) is 0.694. The summed E-state index contributed by atoms with van der Waals surface area (Å²) in [6, 6.07) is -0.0834. The van der Waals surface area contributed by atoms with Crippen LogP contribution in [0.15, 0.2) is 5.10 Å². The molecule has 2 fully saturated rings. The number of aliphatic carboxylic acids is 1. The fraction of sp³-hybridized carbons (Fsp3) is 0.857. The lowest BCUT2D eigenvalue weighted by Crippen LogP contribution is -2.40. The van der Waals surface area contributed by atoms with Crippen LogP contribution < -0.4 is 0 Å². The van der Waals surface area contributed by atoms with Gasteiger partial charge in [-0.3, -0.25) is 9.59 Å². The smallest absolute Gasteiger partial charge is 0.303 e. The highest BCUT2D eigenvalue weighted by Crippen LogP contribution is 2.39. The SMILES string of the molecule is COC1CCC(C2=NN(C(=O)CCC(=O)O)C(C3CCC(F)CC3)C2)CC1OC. The van der Waals surface area contributed by atoms with Crippen LogP contribution in [0.1, 0.15) is 64.2 Å². The van der Waals surface area contributed by atoms with Gasteiger partial charge in [-0.05, 0) is 50.9 Å². The second kappa shape index (κ2) is 9.98. The van der Waals surface area contributed by atoms with Crippen LogP contribution in [-0.4, -0.2) is 66.3 Å². The molecular formula is C21H33FN2O5. The molecule has 4 unspecified atom stereocenters.